The maximum absolute atomic E-state index is 14.3. The Hall–Kier alpha value is -5.12. The Labute approximate surface area is 236 Å². The van der Waals surface area contributed by atoms with Crippen molar-refractivity contribution in [3.8, 4) is 11.8 Å². The molecule has 2 heterocycles. The van der Waals surface area contributed by atoms with Gasteiger partial charge in [-0.15, -0.1) is 0 Å². The molecule has 4 rings (SSSR count). The highest BCUT2D eigenvalue weighted by Gasteiger charge is 2.44. The average molecular weight is 583 g/mol. The van der Waals surface area contributed by atoms with Gasteiger partial charge in [0.2, 0.25) is 0 Å². The van der Waals surface area contributed by atoms with E-state index in [-0.39, 0.29) is 42.2 Å². The van der Waals surface area contributed by atoms with Gasteiger partial charge in [0.25, 0.3) is 11.5 Å². The van der Waals surface area contributed by atoms with Gasteiger partial charge >= 0.3 is 6.18 Å². The van der Waals surface area contributed by atoms with Crippen LogP contribution in [0.25, 0.3) is 11.3 Å². The number of aliphatic imine (C=N–C) groups is 1. The first-order valence-corrected chi connectivity index (χ1v) is 12.5. The standard InChI is InChI=1S/C29H23F5N6O2/c1-17(19(15-35)10-12-36-2)18-6-7-23(25(14-18)39-13-11-20(16-39)29(32,33)34)37-28(42)24-8-9-26(41)40(38-24)27-21(30)4-3-5-22(27)31/h3-10,12,14,20H,2,11,13,16H2,1H3,(H,37,42)/b12-10-,19-17-/t20-/m0/s1. The number of para-hydroxylation sites is 1. The first kappa shape index (κ1) is 29.9. The minimum absolute atomic E-state index is 0.0420. The molecular formula is C29H23F5N6O2. The molecule has 13 heteroatoms. The number of anilines is 2. The number of nitrogens with zero attached hydrogens (tertiary/aromatic N) is 5. The van der Waals surface area contributed by atoms with Gasteiger partial charge in [-0.2, -0.15) is 28.2 Å². The Morgan fingerprint density at radius 3 is 2.52 bits per heavy atom. The summed E-state index contributed by atoms with van der Waals surface area (Å²) in [4.78, 5) is 30.6. The summed E-state index contributed by atoms with van der Waals surface area (Å²) in [6.07, 6.45) is -1.81. The van der Waals surface area contributed by atoms with Crippen LogP contribution in [-0.2, 0) is 0 Å². The second-order valence-corrected chi connectivity index (χ2v) is 9.35. The summed E-state index contributed by atoms with van der Waals surface area (Å²) in [5.41, 5.74) is -0.422. The molecule has 0 bridgehead atoms. The van der Waals surface area contributed by atoms with E-state index >= 15 is 0 Å². The summed E-state index contributed by atoms with van der Waals surface area (Å²) in [6, 6.07) is 11.5. The summed E-state index contributed by atoms with van der Waals surface area (Å²) in [7, 11) is 0. The number of hydrogen-bond donors (Lipinski definition) is 1. The van der Waals surface area contributed by atoms with Gasteiger partial charge in [0.1, 0.15) is 11.4 Å². The predicted octanol–water partition coefficient (Wildman–Crippen LogP) is 5.66. The van der Waals surface area contributed by atoms with Crippen LogP contribution >= 0.6 is 0 Å². The smallest absolute Gasteiger partial charge is 0.369 e. The topological polar surface area (TPSA) is 103 Å². The first-order chi connectivity index (χ1) is 19.9. The number of nitriles is 1. The molecule has 0 radical (unpaired) electrons. The third kappa shape index (κ3) is 6.27. The highest BCUT2D eigenvalue weighted by atomic mass is 19.4. The summed E-state index contributed by atoms with van der Waals surface area (Å²) in [5.74, 6) is -4.62. The maximum atomic E-state index is 14.3. The molecule has 0 aliphatic carbocycles. The number of hydrogen-bond acceptors (Lipinski definition) is 6. The fraction of sp³-hybridized carbons (Fsp3) is 0.207. The highest BCUT2D eigenvalue weighted by molar-refractivity contribution is 6.05. The van der Waals surface area contributed by atoms with Crippen molar-refractivity contribution in [1.82, 2.24) is 9.78 Å². The molecule has 0 unspecified atom stereocenters. The van der Waals surface area contributed by atoms with Gasteiger partial charge in [-0.25, -0.2) is 8.78 Å². The number of allylic oxidation sites excluding steroid dienone is 3. The van der Waals surface area contributed by atoms with Crippen LogP contribution in [0, 0.1) is 28.9 Å². The van der Waals surface area contributed by atoms with E-state index in [9.17, 15) is 36.8 Å². The fourth-order valence-electron chi connectivity index (χ4n) is 4.48. The molecule has 1 fully saturated rings. The third-order valence-electron chi connectivity index (χ3n) is 6.72. The summed E-state index contributed by atoms with van der Waals surface area (Å²) < 4.78 is 69.5. The Kier molecular flexibility index (Phi) is 8.65. The molecule has 1 aromatic heterocycles. The van der Waals surface area contributed by atoms with Gasteiger partial charge in [-0.1, -0.05) is 12.1 Å². The molecule has 42 heavy (non-hydrogen) atoms. The van der Waals surface area contributed by atoms with Crippen molar-refractivity contribution in [2.45, 2.75) is 19.5 Å². The molecule has 8 nitrogen and oxygen atoms in total. The number of benzene rings is 2. The molecule has 0 spiro atoms. The number of carbonyl (C=O) groups is 1. The molecule has 2 aromatic carbocycles. The zero-order valence-electron chi connectivity index (χ0n) is 22.1. The molecule has 1 N–H and O–H groups in total. The number of halogens is 5. The monoisotopic (exact) mass is 582 g/mol. The zero-order chi connectivity index (χ0) is 30.6. The van der Waals surface area contributed by atoms with Gasteiger partial charge in [0.05, 0.1) is 28.9 Å². The Balaban J connectivity index is 1.75. The van der Waals surface area contributed by atoms with Crippen molar-refractivity contribution < 1.29 is 26.7 Å². The average Bonchev–Trinajstić information content (AvgIpc) is 3.45. The minimum atomic E-state index is -4.42. The van der Waals surface area contributed by atoms with Crippen LogP contribution in [-0.4, -0.2) is 41.7 Å². The van der Waals surface area contributed by atoms with Gasteiger partial charge in [-0.3, -0.25) is 14.6 Å². The van der Waals surface area contributed by atoms with E-state index < -0.39 is 40.9 Å². The van der Waals surface area contributed by atoms with Gasteiger partial charge < -0.3 is 10.2 Å². The van der Waals surface area contributed by atoms with Crippen molar-refractivity contribution >= 4 is 29.6 Å². The molecule has 3 aromatic rings. The summed E-state index contributed by atoms with van der Waals surface area (Å²) in [6.45, 7) is 4.66. The second-order valence-electron chi connectivity index (χ2n) is 9.35. The van der Waals surface area contributed by atoms with E-state index in [0.29, 0.717) is 15.8 Å². The maximum Gasteiger partial charge on any atom is 0.393 e. The Bertz CT molecular complexity index is 1680. The normalized spacial score (nSPS) is 15.8. The predicted molar refractivity (Wildman–Crippen MR) is 147 cm³/mol. The number of alkyl halides is 3. The van der Waals surface area contributed by atoms with Crippen molar-refractivity contribution in [2.24, 2.45) is 10.9 Å². The van der Waals surface area contributed by atoms with Gasteiger partial charge in [0.15, 0.2) is 11.6 Å². The molecule has 1 aliphatic rings. The summed E-state index contributed by atoms with van der Waals surface area (Å²) in [5, 5.41) is 16.0. The third-order valence-corrected chi connectivity index (χ3v) is 6.72. The number of nitrogens with one attached hydrogen (secondary N) is 1. The molecule has 1 aliphatic heterocycles. The van der Waals surface area contributed by atoms with Crippen LogP contribution in [0.15, 0.2) is 76.2 Å². The van der Waals surface area contributed by atoms with E-state index in [1.54, 1.807) is 19.1 Å². The SMILES string of the molecule is C=N/C=C\C(C#N)=C(/C)c1ccc(NC(=O)c2ccc(=O)n(-c3c(F)cccc3F)n2)c(N2CC[C@H](C(F)(F)F)C2)c1. The number of aromatic nitrogens is 2. The molecular weight excluding hydrogens is 559 g/mol. The lowest BCUT2D eigenvalue weighted by Crippen LogP contribution is -2.29. The lowest BCUT2D eigenvalue weighted by Gasteiger charge is -2.24. The number of rotatable bonds is 7. The van der Waals surface area contributed by atoms with E-state index in [2.05, 4.69) is 22.1 Å². The highest BCUT2D eigenvalue weighted by Crippen LogP contribution is 2.39. The molecule has 1 amide bonds. The zero-order valence-corrected chi connectivity index (χ0v) is 22.1. The van der Waals surface area contributed by atoms with E-state index in [4.69, 9.17) is 0 Å². The van der Waals surface area contributed by atoms with E-state index in [1.165, 1.54) is 23.2 Å². The second kappa shape index (κ2) is 12.2. The Morgan fingerprint density at radius 1 is 1.19 bits per heavy atom. The molecule has 216 valence electrons. The lowest BCUT2D eigenvalue weighted by molar-refractivity contribution is -0.168. The van der Waals surface area contributed by atoms with Crippen LogP contribution in [0.4, 0.5) is 33.3 Å². The van der Waals surface area contributed by atoms with Crippen molar-refractivity contribution in [3.63, 3.8) is 0 Å². The van der Waals surface area contributed by atoms with E-state index in [1.807, 2.05) is 6.07 Å². The quantitative estimate of drug-likeness (QED) is 0.168. The van der Waals surface area contributed by atoms with Crippen LogP contribution in [0.5, 0.6) is 0 Å². The Morgan fingerprint density at radius 2 is 1.90 bits per heavy atom. The van der Waals surface area contributed by atoms with Crippen molar-refractivity contribution in [3.05, 3.63) is 99.6 Å². The number of carbonyl (C=O) groups excluding carboxylic acids is 1. The number of amides is 1. The first-order valence-electron chi connectivity index (χ1n) is 12.5. The van der Waals surface area contributed by atoms with Crippen molar-refractivity contribution in [2.75, 3.05) is 23.3 Å². The van der Waals surface area contributed by atoms with Crippen LogP contribution in [0.3, 0.4) is 0 Å². The van der Waals surface area contributed by atoms with E-state index in [0.717, 1.165) is 30.3 Å². The van der Waals surface area contributed by atoms with Crippen molar-refractivity contribution in [1.29, 1.82) is 5.26 Å². The minimum Gasteiger partial charge on any atom is -0.369 e. The molecule has 1 atom stereocenters. The van der Waals surface area contributed by atoms with Crippen LogP contribution in [0.1, 0.15) is 29.4 Å². The van der Waals surface area contributed by atoms with Crippen LogP contribution in [0.2, 0.25) is 0 Å². The van der Waals surface area contributed by atoms with Crippen LogP contribution < -0.4 is 15.8 Å². The fourth-order valence-corrected chi connectivity index (χ4v) is 4.48. The van der Waals surface area contributed by atoms with Gasteiger partial charge in [0, 0.05) is 25.4 Å². The molecule has 1 saturated heterocycles. The van der Waals surface area contributed by atoms with Gasteiger partial charge in [-0.05, 0) is 67.6 Å². The summed E-state index contributed by atoms with van der Waals surface area (Å²) >= 11 is 0. The lowest BCUT2D eigenvalue weighted by atomic mass is 10.00. The molecule has 0 saturated carbocycles. The largest absolute Gasteiger partial charge is 0.393 e.